The molecular formula is C13H21NO2. The van der Waals surface area contributed by atoms with Crippen LogP contribution < -0.4 is 0 Å². The minimum Gasteiger partial charge on any atom is -0.390 e. The molecule has 2 unspecified atom stereocenters. The van der Waals surface area contributed by atoms with E-state index in [1.165, 1.54) is 0 Å². The SMILES string of the molecule is CCOC(C)(CC)C(O)Cc1cccnc1. The summed E-state index contributed by atoms with van der Waals surface area (Å²) in [4.78, 5) is 4.04. The van der Waals surface area contributed by atoms with Crippen LogP contribution >= 0.6 is 0 Å². The minimum atomic E-state index is -0.498. The molecule has 0 saturated carbocycles. The van der Waals surface area contributed by atoms with Gasteiger partial charge in [-0.1, -0.05) is 13.0 Å². The van der Waals surface area contributed by atoms with Crippen molar-refractivity contribution in [1.29, 1.82) is 0 Å². The molecule has 0 bridgehead atoms. The van der Waals surface area contributed by atoms with Gasteiger partial charge in [0.2, 0.25) is 0 Å². The number of hydrogen-bond donors (Lipinski definition) is 1. The Labute approximate surface area is 97.5 Å². The quantitative estimate of drug-likeness (QED) is 0.804. The maximum atomic E-state index is 10.2. The Hall–Kier alpha value is -0.930. The van der Waals surface area contributed by atoms with Gasteiger partial charge in [0.25, 0.3) is 0 Å². The number of ether oxygens (including phenoxy) is 1. The third-order valence-corrected chi connectivity index (χ3v) is 3.03. The summed E-state index contributed by atoms with van der Waals surface area (Å²) in [5, 5.41) is 10.2. The van der Waals surface area contributed by atoms with Crippen LogP contribution in [0.4, 0.5) is 0 Å². The van der Waals surface area contributed by atoms with Crippen LogP contribution in [-0.4, -0.2) is 28.4 Å². The lowest BCUT2D eigenvalue weighted by molar-refractivity contribution is -0.110. The molecule has 1 N–H and O–H groups in total. The van der Waals surface area contributed by atoms with Crippen LogP contribution in [0.2, 0.25) is 0 Å². The van der Waals surface area contributed by atoms with Gasteiger partial charge in [-0.25, -0.2) is 0 Å². The fourth-order valence-corrected chi connectivity index (χ4v) is 1.72. The van der Waals surface area contributed by atoms with E-state index < -0.39 is 11.7 Å². The molecule has 3 nitrogen and oxygen atoms in total. The molecule has 0 aliphatic carbocycles. The second kappa shape index (κ2) is 5.97. The topological polar surface area (TPSA) is 42.4 Å². The van der Waals surface area contributed by atoms with Crippen LogP contribution in [0.1, 0.15) is 32.8 Å². The van der Waals surface area contributed by atoms with Crippen LogP contribution in [0.5, 0.6) is 0 Å². The summed E-state index contributed by atoms with van der Waals surface area (Å²) in [6.07, 6.45) is 4.39. The average Bonchev–Trinajstić information content (AvgIpc) is 2.30. The van der Waals surface area contributed by atoms with Gasteiger partial charge in [0.1, 0.15) is 0 Å². The highest BCUT2D eigenvalue weighted by Crippen LogP contribution is 2.22. The lowest BCUT2D eigenvalue weighted by Crippen LogP contribution is -2.42. The van der Waals surface area contributed by atoms with Gasteiger partial charge < -0.3 is 9.84 Å². The number of pyridine rings is 1. The number of aliphatic hydroxyl groups excluding tert-OH is 1. The molecule has 0 saturated heterocycles. The third-order valence-electron chi connectivity index (χ3n) is 3.03. The van der Waals surface area contributed by atoms with Crippen LogP contribution in [0, 0.1) is 0 Å². The summed E-state index contributed by atoms with van der Waals surface area (Å²) in [6.45, 7) is 6.55. The molecular weight excluding hydrogens is 202 g/mol. The number of aromatic nitrogens is 1. The van der Waals surface area contributed by atoms with E-state index in [1.807, 2.05) is 32.9 Å². The molecule has 1 rings (SSSR count). The fraction of sp³-hybridized carbons (Fsp3) is 0.615. The normalized spacial score (nSPS) is 16.8. The lowest BCUT2D eigenvalue weighted by Gasteiger charge is -2.33. The van der Waals surface area contributed by atoms with Gasteiger partial charge in [0.15, 0.2) is 0 Å². The zero-order valence-corrected chi connectivity index (χ0v) is 10.3. The Kier molecular flexibility index (Phi) is 4.90. The molecule has 3 heteroatoms. The van der Waals surface area contributed by atoms with Gasteiger partial charge in [0.05, 0.1) is 11.7 Å². The van der Waals surface area contributed by atoms with Crippen molar-refractivity contribution in [2.24, 2.45) is 0 Å². The van der Waals surface area contributed by atoms with Gasteiger partial charge in [-0.05, 0) is 31.9 Å². The van der Waals surface area contributed by atoms with E-state index in [-0.39, 0.29) is 0 Å². The number of hydrogen-bond acceptors (Lipinski definition) is 3. The van der Waals surface area contributed by atoms with Gasteiger partial charge in [-0.15, -0.1) is 0 Å². The molecule has 0 amide bonds. The van der Waals surface area contributed by atoms with Gasteiger partial charge in [0, 0.05) is 25.4 Å². The first-order valence-corrected chi connectivity index (χ1v) is 5.83. The lowest BCUT2D eigenvalue weighted by atomic mass is 9.91. The number of nitrogens with zero attached hydrogens (tertiary/aromatic N) is 1. The molecule has 90 valence electrons. The maximum Gasteiger partial charge on any atom is 0.0912 e. The molecule has 0 aliphatic heterocycles. The van der Waals surface area contributed by atoms with E-state index in [0.29, 0.717) is 13.0 Å². The van der Waals surface area contributed by atoms with Crippen molar-refractivity contribution >= 4 is 0 Å². The zero-order valence-electron chi connectivity index (χ0n) is 10.3. The summed E-state index contributed by atoms with van der Waals surface area (Å²) < 4.78 is 5.64. The summed E-state index contributed by atoms with van der Waals surface area (Å²) in [7, 11) is 0. The van der Waals surface area contributed by atoms with Crippen LogP contribution in [-0.2, 0) is 11.2 Å². The molecule has 1 heterocycles. The van der Waals surface area contributed by atoms with E-state index in [2.05, 4.69) is 4.98 Å². The standard InChI is InChI=1S/C13H21NO2/c1-4-13(3,16-5-2)12(15)9-11-7-6-8-14-10-11/h6-8,10,12,15H,4-5,9H2,1-3H3. The molecule has 1 aromatic heterocycles. The molecule has 2 atom stereocenters. The van der Waals surface area contributed by atoms with Crippen LogP contribution in [0.15, 0.2) is 24.5 Å². The summed E-state index contributed by atoms with van der Waals surface area (Å²) in [5.41, 5.74) is 0.569. The van der Waals surface area contributed by atoms with Gasteiger partial charge >= 0.3 is 0 Å². The Morgan fingerprint density at radius 3 is 2.75 bits per heavy atom. The number of rotatable bonds is 6. The monoisotopic (exact) mass is 223 g/mol. The van der Waals surface area contributed by atoms with Crippen molar-refractivity contribution in [3.63, 3.8) is 0 Å². The molecule has 0 radical (unpaired) electrons. The minimum absolute atomic E-state index is 0.468. The van der Waals surface area contributed by atoms with Gasteiger partial charge in [-0.2, -0.15) is 0 Å². The highest BCUT2D eigenvalue weighted by Gasteiger charge is 2.31. The largest absolute Gasteiger partial charge is 0.390 e. The third kappa shape index (κ3) is 3.29. The predicted octanol–water partition coefficient (Wildman–Crippen LogP) is 2.19. The molecule has 16 heavy (non-hydrogen) atoms. The number of aliphatic hydroxyl groups is 1. The van der Waals surface area contributed by atoms with Crippen molar-refractivity contribution in [2.45, 2.75) is 45.3 Å². The van der Waals surface area contributed by atoms with E-state index in [0.717, 1.165) is 12.0 Å². The molecule has 0 aliphatic rings. The van der Waals surface area contributed by atoms with Crippen LogP contribution in [0.25, 0.3) is 0 Å². The van der Waals surface area contributed by atoms with Crippen molar-refractivity contribution in [2.75, 3.05) is 6.61 Å². The van der Waals surface area contributed by atoms with Crippen molar-refractivity contribution in [1.82, 2.24) is 4.98 Å². The second-order valence-corrected chi connectivity index (χ2v) is 4.18. The van der Waals surface area contributed by atoms with Crippen molar-refractivity contribution in [3.8, 4) is 0 Å². The first-order valence-electron chi connectivity index (χ1n) is 5.83. The highest BCUT2D eigenvalue weighted by molar-refractivity contribution is 5.10. The molecule has 0 aromatic carbocycles. The molecule has 0 spiro atoms. The van der Waals surface area contributed by atoms with Crippen molar-refractivity contribution < 1.29 is 9.84 Å². The Balaban J connectivity index is 2.66. The van der Waals surface area contributed by atoms with Crippen LogP contribution in [0.3, 0.4) is 0 Å². The average molecular weight is 223 g/mol. The van der Waals surface area contributed by atoms with E-state index >= 15 is 0 Å². The van der Waals surface area contributed by atoms with E-state index in [9.17, 15) is 5.11 Å². The Bertz CT molecular complexity index is 302. The van der Waals surface area contributed by atoms with E-state index in [4.69, 9.17) is 4.74 Å². The summed E-state index contributed by atoms with van der Waals surface area (Å²) in [6, 6.07) is 3.85. The summed E-state index contributed by atoms with van der Waals surface area (Å²) in [5.74, 6) is 0. The molecule has 0 fully saturated rings. The smallest absolute Gasteiger partial charge is 0.0912 e. The summed E-state index contributed by atoms with van der Waals surface area (Å²) >= 11 is 0. The Morgan fingerprint density at radius 1 is 1.50 bits per heavy atom. The molecule has 1 aromatic rings. The van der Waals surface area contributed by atoms with E-state index in [1.54, 1.807) is 12.4 Å². The zero-order chi connectivity index (χ0) is 12.0. The second-order valence-electron chi connectivity index (χ2n) is 4.18. The maximum absolute atomic E-state index is 10.2. The first-order chi connectivity index (χ1) is 7.62. The fourth-order valence-electron chi connectivity index (χ4n) is 1.72. The highest BCUT2D eigenvalue weighted by atomic mass is 16.5. The van der Waals surface area contributed by atoms with Gasteiger partial charge in [-0.3, -0.25) is 4.98 Å². The first kappa shape index (κ1) is 13.1. The van der Waals surface area contributed by atoms with Crippen molar-refractivity contribution in [3.05, 3.63) is 30.1 Å². The Morgan fingerprint density at radius 2 is 2.25 bits per heavy atom. The predicted molar refractivity (Wildman–Crippen MR) is 64.3 cm³/mol.